The van der Waals surface area contributed by atoms with Gasteiger partial charge in [0.2, 0.25) is 0 Å². The molecule has 28 heavy (non-hydrogen) atoms. The number of carboxylic acids is 1. The Morgan fingerprint density at radius 3 is 2.64 bits per heavy atom. The molecule has 3 atom stereocenters. The summed E-state index contributed by atoms with van der Waals surface area (Å²) >= 11 is 0. The number of aliphatic hydroxyl groups is 1. The van der Waals surface area contributed by atoms with Gasteiger partial charge in [-0.25, -0.2) is 4.79 Å². The summed E-state index contributed by atoms with van der Waals surface area (Å²) in [5.41, 5.74) is 3.20. The topological polar surface area (TPSA) is 57.5 Å². The molecule has 146 valence electrons. The molecule has 0 aliphatic heterocycles. The van der Waals surface area contributed by atoms with Gasteiger partial charge in [-0.15, -0.1) is 0 Å². The smallest absolute Gasteiger partial charge is 0.335 e. The van der Waals surface area contributed by atoms with Crippen LogP contribution in [0.4, 0.5) is 0 Å². The van der Waals surface area contributed by atoms with E-state index < -0.39 is 11.6 Å². The van der Waals surface area contributed by atoms with E-state index in [1.807, 2.05) is 18.2 Å². The van der Waals surface area contributed by atoms with E-state index in [0.717, 1.165) is 44.1 Å². The van der Waals surface area contributed by atoms with Crippen LogP contribution in [-0.4, -0.2) is 21.8 Å². The van der Waals surface area contributed by atoms with Gasteiger partial charge in [-0.3, -0.25) is 0 Å². The van der Waals surface area contributed by atoms with E-state index in [4.69, 9.17) is 0 Å². The molecule has 2 N–H and O–H groups in total. The van der Waals surface area contributed by atoms with Crippen LogP contribution in [-0.2, 0) is 11.8 Å². The number of benzene rings is 2. The van der Waals surface area contributed by atoms with Crippen molar-refractivity contribution in [1.29, 1.82) is 0 Å². The molecule has 2 aliphatic rings. The normalized spacial score (nSPS) is 28.9. The molecular weight excluding hydrogens is 348 g/mol. The molecule has 0 saturated heterocycles. The van der Waals surface area contributed by atoms with Gasteiger partial charge in [-0.05, 0) is 73.3 Å². The molecular formula is C25H28O3. The van der Waals surface area contributed by atoms with Crippen LogP contribution < -0.4 is 0 Å². The van der Waals surface area contributed by atoms with Crippen LogP contribution in [0.15, 0.2) is 54.6 Å². The summed E-state index contributed by atoms with van der Waals surface area (Å²) in [6, 6.07) is 16.1. The second kappa shape index (κ2) is 7.21. The molecule has 0 unspecified atom stereocenters. The van der Waals surface area contributed by atoms with Gasteiger partial charge in [-0.1, -0.05) is 55.5 Å². The predicted molar refractivity (Wildman–Crippen MR) is 111 cm³/mol. The first-order valence-corrected chi connectivity index (χ1v) is 10.3. The lowest BCUT2D eigenvalue weighted by Crippen LogP contribution is -2.48. The molecule has 1 fully saturated rings. The SMILES string of the molecule is CC[C@@]1(O)CC[C@@]2(Cc3ccccc3)c3ccc(C(=O)O)cc3C=CC[C@H]2C1. The van der Waals surface area contributed by atoms with E-state index >= 15 is 0 Å². The zero-order valence-electron chi connectivity index (χ0n) is 16.4. The largest absolute Gasteiger partial charge is 0.478 e. The van der Waals surface area contributed by atoms with E-state index in [-0.39, 0.29) is 5.41 Å². The highest BCUT2D eigenvalue weighted by Crippen LogP contribution is 2.53. The Morgan fingerprint density at radius 2 is 1.93 bits per heavy atom. The molecule has 0 amide bonds. The molecule has 3 nitrogen and oxygen atoms in total. The molecule has 2 aliphatic carbocycles. The van der Waals surface area contributed by atoms with E-state index in [9.17, 15) is 15.0 Å². The van der Waals surface area contributed by atoms with Crippen molar-refractivity contribution in [2.75, 3.05) is 0 Å². The monoisotopic (exact) mass is 376 g/mol. The maximum atomic E-state index is 11.5. The van der Waals surface area contributed by atoms with Crippen LogP contribution in [0, 0.1) is 5.92 Å². The van der Waals surface area contributed by atoms with Crippen molar-refractivity contribution in [2.24, 2.45) is 5.92 Å². The average molecular weight is 376 g/mol. The Balaban J connectivity index is 1.84. The molecule has 0 spiro atoms. The summed E-state index contributed by atoms with van der Waals surface area (Å²) in [5.74, 6) is -0.558. The first kappa shape index (κ1) is 18.9. The van der Waals surface area contributed by atoms with Gasteiger partial charge in [0.1, 0.15) is 0 Å². The van der Waals surface area contributed by atoms with Crippen LogP contribution in [0.2, 0.25) is 0 Å². The Kier molecular flexibility index (Phi) is 4.88. The van der Waals surface area contributed by atoms with Gasteiger partial charge < -0.3 is 10.2 Å². The van der Waals surface area contributed by atoms with Crippen molar-refractivity contribution in [1.82, 2.24) is 0 Å². The van der Waals surface area contributed by atoms with E-state index in [1.165, 1.54) is 11.1 Å². The van der Waals surface area contributed by atoms with Crippen LogP contribution in [0.25, 0.3) is 6.08 Å². The Hall–Kier alpha value is -2.39. The second-order valence-electron chi connectivity index (χ2n) is 8.54. The molecule has 0 heterocycles. The first-order valence-electron chi connectivity index (χ1n) is 10.3. The highest BCUT2D eigenvalue weighted by molar-refractivity contribution is 5.88. The third-order valence-electron chi connectivity index (χ3n) is 7.02. The maximum absolute atomic E-state index is 11.5. The molecule has 0 aromatic heterocycles. The number of carboxylic acid groups (broad SMARTS) is 1. The van der Waals surface area contributed by atoms with Gasteiger partial charge in [0.25, 0.3) is 0 Å². The fourth-order valence-electron chi connectivity index (χ4n) is 5.33. The van der Waals surface area contributed by atoms with Crippen LogP contribution in [0.3, 0.4) is 0 Å². The zero-order chi connectivity index (χ0) is 19.8. The van der Waals surface area contributed by atoms with Gasteiger partial charge in [0.15, 0.2) is 0 Å². The minimum absolute atomic E-state index is 0.0847. The highest BCUT2D eigenvalue weighted by atomic mass is 16.4. The summed E-state index contributed by atoms with van der Waals surface area (Å²) in [4.78, 5) is 11.5. The number of rotatable bonds is 4. The number of carbonyl (C=O) groups is 1. The van der Waals surface area contributed by atoms with Crippen LogP contribution >= 0.6 is 0 Å². The highest BCUT2D eigenvalue weighted by Gasteiger charge is 2.49. The lowest BCUT2D eigenvalue weighted by Gasteiger charge is -2.50. The minimum Gasteiger partial charge on any atom is -0.478 e. The molecule has 0 radical (unpaired) electrons. The van der Waals surface area contributed by atoms with Crippen molar-refractivity contribution in [3.63, 3.8) is 0 Å². The lowest BCUT2D eigenvalue weighted by atomic mass is 9.55. The van der Waals surface area contributed by atoms with Crippen molar-refractivity contribution >= 4 is 12.0 Å². The molecule has 4 rings (SSSR count). The van der Waals surface area contributed by atoms with Gasteiger partial charge >= 0.3 is 5.97 Å². The Labute approximate surface area is 166 Å². The summed E-state index contributed by atoms with van der Waals surface area (Å²) < 4.78 is 0. The lowest BCUT2D eigenvalue weighted by molar-refractivity contribution is -0.0475. The summed E-state index contributed by atoms with van der Waals surface area (Å²) in [6.45, 7) is 2.07. The van der Waals surface area contributed by atoms with Gasteiger partial charge in [-0.2, -0.15) is 0 Å². The van der Waals surface area contributed by atoms with E-state index in [0.29, 0.717) is 11.5 Å². The summed E-state index contributed by atoms with van der Waals surface area (Å²) in [5, 5.41) is 20.5. The maximum Gasteiger partial charge on any atom is 0.335 e. The number of allylic oxidation sites excluding steroid dienone is 1. The number of fused-ring (bicyclic) bond motifs is 3. The number of aromatic carboxylic acids is 1. The molecule has 3 heteroatoms. The zero-order valence-corrected chi connectivity index (χ0v) is 16.4. The molecule has 1 saturated carbocycles. The fourth-order valence-corrected chi connectivity index (χ4v) is 5.33. The molecule has 2 aromatic rings. The van der Waals surface area contributed by atoms with Crippen LogP contribution in [0.5, 0.6) is 0 Å². The third kappa shape index (κ3) is 3.29. The Bertz CT molecular complexity index is 901. The minimum atomic E-state index is -0.891. The number of hydrogen-bond donors (Lipinski definition) is 2. The summed E-state index contributed by atoms with van der Waals surface area (Å²) in [6.07, 6.45) is 9.35. The third-order valence-corrected chi connectivity index (χ3v) is 7.02. The van der Waals surface area contributed by atoms with Crippen molar-refractivity contribution in [2.45, 2.75) is 56.5 Å². The predicted octanol–water partition coefficient (Wildman–Crippen LogP) is 5.22. The van der Waals surface area contributed by atoms with E-state index in [1.54, 1.807) is 6.07 Å². The average Bonchev–Trinajstić information content (AvgIpc) is 2.85. The second-order valence-corrected chi connectivity index (χ2v) is 8.54. The standard InChI is InChI=1S/C25H28O3/c1-2-24(28)13-14-25(16-18-7-4-3-5-8-18)21(17-24)10-6-9-19-15-20(23(26)27)11-12-22(19)25/h3-9,11-12,15,21,28H,2,10,13-14,16-17H2,1H3,(H,26,27)/t21-,24+,25-/m0/s1. The fraction of sp³-hybridized carbons (Fsp3) is 0.400. The Morgan fingerprint density at radius 1 is 1.14 bits per heavy atom. The van der Waals surface area contributed by atoms with Crippen molar-refractivity contribution in [3.8, 4) is 0 Å². The molecule has 0 bridgehead atoms. The summed E-state index contributed by atoms with van der Waals surface area (Å²) in [7, 11) is 0. The van der Waals surface area contributed by atoms with Gasteiger partial charge in [0, 0.05) is 5.41 Å². The van der Waals surface area contributed by atoms with Gasteiger partial charge in [0.05, 0.1) is 11.2 Å². The molecule has 2 aromatic carbocycles. The van der Waals surface area contributed by atoms with Crippen molar-refractivity contribution < 1.29 is 15.0 Å². The quantitative estimate of drug-likeness (QED) is 0.769. The van der Waals surface area contributed by atoms with Crippen LogP contribution in [0.1, 0.15) is 66.1 Å². The first-order chi connectivity index (χ1) is 13.5. The van der Waals surface area contributed by atoms with Crippen molar-refractivity contribution in [3.05, 3.63) is 76.9 Å². The number of hydrogen-bond acceptors (Lipinski definition) is 2. The van der Waals surface area contributed by atoms with E-state index in [2.05, 4.69) is 43.3 Å².